The second-order valence-corrected chi connectivity index (χ2v) is 4.27. The summed E-state index contributed by atoms with van der Waals surface area (Å²) >= 11 is 1.19. The second-order valence-electron chi connectivity index (χ2n) is 3.05. The van der Waals surface area contributed by atoms with Crippen molar-refractivity contribution < 1.29 is 9.90 Å². The molecule has 0 saturated carbocycles. The van der Waals surface area contributed by atoms with Crippen molar-refractivity contribution >= 4 is 23.4 Å². The normalized spacial score (nSPS) is 12.8. The Hall–Kier alpha value is -1.70. The van der Waals surface area contributed by atoms with E-state index < -0.39 is 11.2 Å². The summed E-state index contributed by atoms with van der Waals surface area (Å²) in [5.41, 5.74) is 0.535. The quantitative estimate of drug-likeness (QED) is 0.775. The van der Waals surface area contributed by atoms with Gasteiger partial charge in [0, 0.05) is 0 Å². The van der Waals surface area contributed by atoms with Crippen molar-refractivity contribution in [2.45, 2.75) is 23.6 Å². The molecule has 0 saturated heterocycles. The van der Waals surface area contributed by atoms with Crippen LogP contribution in [0, 0.1) is 0 Å². The molecule has 2 aromatic rings. The molecule has 0 amide bonds. The van der Waals surface area contributed by atoms with Gasteiger partial charge >= 0.3 is 5.97 Å². The summed E-state index contributed by atoms with van der Waals surface area (Å²) in [6, 6.07) is 3.41. The van der Waals surface area contributed by atoms with Gasteiger partial charge in [-0.3, -0.25) is 4.79 Å². The van der Waals surface area contributed by atoms with Crippen LogP contribution in [0.1, 0.15) is 13.3 Å². The lowest BCUT2D eigenvalue weighted by molar-refractivity contribution is -0.136. The van der Waals surface area contributed by atoms with E-state index in [9.17, 15) is 4.79 Å². The lowest BCUT2D eigenvalue weighted by atomic mass is 10.3. The molecule has 0 spiro atoms. The maximum atomic E-state index is 10.9. The zero-order valence-electron chi connectivity index (χ0n) is 8.44. The summed E-state index contributed by atoms with van der Waals surface area (Å²) in [4.78, 5) is 10.9. The average Bonchev–Trinajstić information content (AvgIpc) is 2.72. The maximum absolute atomic E-state index is 10.9. The Morgan fingerprint density at radius 3 is 3.12 bits per heavy atom. The van der Waals surface area contributed by atoms with Crippen molar-refractivity contribution in [3.8, 4) is 0 Å². The van der Waals surface area contributed by atoms with Gasteiger partial charge in [0.2, 0.25) is 0 Å². The lowest BCUT2D eigenvalue weighted by Crippen LogP contribution is -2.15. The molecular weight excluding hydrogens is 230 g/mol. The van der Waals surface area contributed by atoms with Gasteiger partial charge in [0.1, 0.15) is 10.3 Å². The number of aliphatic carboxylic acids is 1. The summed E-state index contributed by atoms with van der Waals surface area (Å²) in [5.74, 6) is -0.842. The Labute approximate surface area is 94.8 Å². The highest BCUT2D eigenvalue weighted by Crippen LogP contribution is 2.23. The van der Waals surface area contributed by atoms with Crippen LogP contribution in [-0.2, 0) is 4.79 Å². The minimum Gasteiger partial charge on any atom is -0.480 e. The molecule has 7 nitrogen and oxygen atoms in total. The minimum atomic E-state index is -0.842. The van der Waals surface area contributed by atoms with E-state index in [2.05, 4.69) is 20.6 Å². The maximum Gasteiger partial charge on any atom is 0.317 e. The van der Waals surface area contributed by atoms with Crippen LogP contribution in [0.3, 0.4) is 0 Å². The van der Waals surface area contributed by atoms with E-state index >= 15 is 0 Å². The van der Waals surface area contributed by atoms with E-state index in [4.69, 9.17) is 5.11 Å². The Morgan fingerprint density at radius 2 is 2.44 bits per heavy atom. The molecule has 1 atom stereocenters. The predicted molar refractivity (Wildman–Crippen MR) is 56.1 cm³/mol. The van der Waals surface area contributed by atoms with E-state index in [-0.39, 0.29) is 0 Å². The number of rotatable bonds is 4. The average molecular weight is 239 g/mol. The van der Waals surface area contributed by atoms with Gasteiger partial charge in [-0.15, -0.1) is 14.8 Å². The van der Waals surface area contributed by atoms with Crippen LogP contribution in [0.5, 0.6) is 0 Å². The third-order valence-corrected chi connectivity index (χ3v) is 3.23. The van der Waals surface area contributed by atoms with Gasteiger partial charge in [0.15, 0.2) is 5.65 Å². The number of carbonyl (C=O) groups is 1. The molecule has 0 radical (unpaired) electrons. The van der Waals surface area contributed by atoms with E-state index in [0.717, 1.165) is 0 Å². The largest absolute Gasteiger partial charge is 0.480 e. The van der Waals surface area contributed by atoms with Crippen LogP contribution in [0.4, 0.5) is 0 Å². The monoisotopic (exact) mass is 239 g/mol. The molecule has 1 unspecified atom stereocenters. The molecule has 2 aromatic heterocycles. The number of nitrogens with zero attached hydrogens (tertiary/aromatic N) is 5. The molecule has 0 aliphatic rings. The SMILES string of the molecule is CCC(Sc1ccc2nnnn2n1)C(=O)O. The zero-order chi connectivity index (χ0) is 11.5. The molecule has 0 aliphatic heterocycles. The molecule has 2 rings (SSSR count). The highest BCUT2D eigenvalue weighted by molar-refractivity contribution is 8.00. The number of thioether (sulfide) groups is 1. The smallest absolute Gasteiger partial charge is 0.317 e. The van der Waals surface area contributed by atoms with Crippen LogP contribution in [-0.4, -0.2) is 41.6 Å². The van der Waals surface area contributed by atoms with Gasteiger partial charge in [-0.1, -0.05) is 18.7 Å². The van der Waals surface area contributed by atoms with Crippen LogP contribution in [0.25, 0.3) is 5.65 Å². The van der Waals surface area contributed by atoms with Gasteiger partial charge in [-0.25, -0.2) is 0 Å². The van der Waals surface area contributed by atoms with E-state index in [1.165, 1.54) is 16.4 Å². The molecule has 84 valence electrons. The van der Waals surface area contributed by atoms with E-state index in [0.29, 0.717) is 17.1 Å². The van der Waals surface area contributed by atoms with Crippen molar-refractivity contribution in [3.05, 3.63) is 12.1 Å². The van der Waals surface area contributed by atoms with Crippen molar-refractivity contribution in [2.24, 2.45) is 0 Å². The first kappa shape index (κ1) is 10.8. The number of carboxylic acid groups (broad SMARTS) is 1. The third kappa shape index (κ3) is 2.11. The standard InChI is InChI=1S/C8H9N5O2S/c1-2-5(8(14)15)16-7-4-3-6-9-11-12-13(6)10-7/h3-5H,2H2,1H3,(H,14,15). The summed E-state index contributed by atoms with van der Waals surface area (Å²) in [6.45, 7) is 1.82. The molecule has 0 aromatic carbocycles. The number of hydrogen-bond donors (Lipinski definition) is 1. The van der Waals surface area contributed by atoms with E-state index in [1.54, 1.807) is 12.1 Å². The van der Waals surface area contributed by atoms with Gasteiger partial charge < -0.3 is 5.11 Å². The van der Waals surface area contributed by atoms with Crippen molar-refractivity contribution in [1.82, 2.24) is 25.3 Å². The first-order chi connectivity index (χ1) is 7.70. The Morgan fingerprint density at radius 1 is 1.62 bits per heavy atom. The molecule has 0 aliphatic carbocycles. The van der Waals surface area contributed by atoms with Crippen LogP contribution in [0.15, 0.2) is 17.2 Å². The minimum absolute atomic E-state index is 0.499. The van der Waals surface area contributed by atoms with Crippen LogP contribution >= 0.6 is 11.8 Å². The molecule has 8 heteroatoms. The van der Waals surface area contributed by atoms with Gasteiger partial charge in [0.05, 0.1) is 0 Å². The van der Waals surface area contributed by atoms with Crippen LogP contribution in [0.2, 0.25) is 0 Å². The fourth-order valence-electron chi connectivity index (χ4n) is 1.15. The predicted octanol–water partition coefficient (Wildman–Crippen LogP) is 0.475. The number of tetrazole rings is 1. The summed E-state index contributed by atoms with van der Waals surface area (Å²) in [7, 11) is 0. The van der Waals surface area contributed by atoms with Gasteiger partial charge in [0.25, 0.3) is 0 Å². The number of carboxylic acids is 1. The summed E-state index contributed by atoms with van der Waals surface area (Å²) in [5, 5.41) is 23.9. The first-order valence-corrected chi connectivity index (χ1v) is 5.53. The molecular formula is C8H9N5O2S. The molecule has 1 N–H and O–H groups in total. The number of aromatic nitrogens is 5. The number of hydrogen-bond acceptors (Lipinski definition) is 6. The molecule has 0 bridgehead atoms. The van der Waals surface area contributed by atoms with E-state index in [1.807, 2.05) is 6.92 Å². The van der Waals surface area contributed by atoms with Gasteiger partial charge in [-0.05, 0) is 29.0 Å². The Balaban J connectivity index is 2.23. The lowest BCUT2D eigenvalue weighted by Gasteiger charge is -2.07. The van der Waals surface area contributed by atoms with Gasteiger partial charge in [-0.2, -0.15) is 0 Å². The highest BCUT2D eigenvalue weighted by atomic mass is 32.2. The third-order valence-electron chi connectivity index (χ3n) is 1.95. The zero-order valence-corrected chi connectivity index (χ0v) is 9.26. The Bertz CT molecular complexity index is 514. The summed E-state index contributed by atoms with van der Waals surface area (Å²) in [6.07, 6.45) is 0.537. The summed E-state index contributed by atoms with van der Waals surface area (Å²) < 4.78 is 1.27. The number of fused-ring (bicyclic) bond motifs is 1. The van der Waals surface area contributed by atoms with Crippen molar-refractivity contribution in [1.29, 1.82) is 0 Å². The topological polar surface area (TPSA) is 93.3 Å². The fraction of sp³-hybridized carbons (Fsp3) is 0.375. The van der Waals surface area contributed by atoms with Crippen molar-refractivity contribution in [3.63, 3.8) is 0 Å². The molecule has 2 heterocycles. The Kier molecular flexibility index (Phi) is 3.00. The molecule has 0 fully saturated rings. The molecule has 16 heavy (non-hydrogen) atoms. The highest BCUT2D eigenvalue weighted by Gasteiger charge is 2.17. The second kappa shape index (κ2) is 4.44. The fourth-order valence-corrected chi connectivity index (χ4v) is 1.98. The van der Waals surface area contributed by atoms with Crippen molar-refractivity contribution in [2.75, 3.05) is 0 Å². The first-order valence-electron chi connectivity index (χ1n) is 4.65. The van der Waals surface area contributed by atoms with Crippen LogP contribution < -0.4 is 0 Å².